The molecule has 0 heterocycles. The molecule has 0 spiro atoms. The Morgan fingerprint density at radius 1 is 1.45 bits per heavy atom. The van der Waals surface area contributed by atoms with E-state index in [9.17, 15) is 4.79 Å². The van der Waals surface area contributed by atoms with Gasteiger partial charge >= 0.3 is 0 Å². The number of hydrogen-bond donors (Lipinski definition) is 0. The van der Waals surface area contributed by atoms with Gasteiger partial charge in [0, 0.05) is 5.56 Å². The Kier molecular flexibility index (Phi) is 2.84. The molecule has 1 heteroatoms. The third kappa shape index (κ3) is 2.19. The fraction of sp³-hybridized carbons (Fsp3) is 0.300. The minimum absolute atomic E-state index is 0.774. The lowest BCUT2D eigenvalue weighted by molar-refractivity contribution is 0.112. The molecule has 0 fully saturated rings. The first-order chi connectivity index (χ1) is 5.36. The molecule has 0 radical (unpaired) electrons. The molecule has 0 aromatic heterocycles. The number of benzene rings is 1. The Hall–Kier alpha value is -1.11. The van der Waals surface area contributed by atoms with E-state index in [0.29, 0.717) is 0 Å². The molecule has 1 aromatic rings. The van der Waals surface area contributed by atoms with Crippen LogP contribution in [0.1, 0.15) is 29.3 Å². The maximum absolute atomic E-state index is 10.4. The van der Waals surface area contributed by atoms with Crippen LogP contribution in [-0.2, 0) is 6.42 Å². The zero-order valence-electron chi connectivity index (χ0n) is 6.71. The average Bonchev–Trinajstić information content (AvgIpc) is 2.06. The van der Waals surface area contributed by atoms with Crippen molar-refractivity contribution in [1.29, 1.82) is 0 Å². The third-order valence-electron chi connectivity index (χ3n) is 1.63. The summed E-state index contributed by atoms with van der Waals surface area (Å²) < 4.78 is 0. The second-order valence-corrected chi connectivity index (χ2v) is 2.61. The van der Waals surface area contributed by atoms with E-state index in [1.807, 2.05) is 18.2 Å². The predicted octanol–water partition coefficient (Wildman–Crippen LogP) is 2.45. The molecule has 1 rings (SSSR count). The monoisotopic (exact) mass is 148 g/mol. The van der Waals surface area contributed by atoms with Crippen LogP contribution in [0.4, 0.5) is 0 Å². The van der Waals surface area contributed by atoms with Crippen molar-refractivity contribution in [3.05, 3.63) is 35.4 Å². The smallest absolute Gasteiger partial charge is 0.150 e. The van der Waals surface area contributed by atoms with Crippen LogP contribution in [0.25, 0.3) is 0 Å². The Labute approximate surface area is 67.1 Å². The highest BCUT2D eigenvalue weighted by atomic mass is 16.1. The van der Waals surface area contributed by atoms with E-state index < -0.39 is 0 Å². The van der Waals surface area contributed by atoms with E-state index in [0.717, 1.165) is 24.7 Å². The fourth-order valence-corrected chi connectivity index (χ4v) is 1.11. The minimum atomic E-state index is 0.774. The number of aryl methyl sites for hydroxylation is 1. The van der Waals surface area contributed by atoms with Gasteiger partial charge in [-0.2, -0.15) is 0 Å². The maximum atomic E-state index is 10.4. The molecule has 58 valence electrons. The minimum Gasteiger partial charge on any atom is -0.298 e. The van der Waals surface area contributed by atoms with Gasteiger partial charge in [0.25, 0.3) is 0 Å². The zero-order valence-corrected chi connectivity index (χ0v) is 6.71. The summed E-state index contributed by atoms with van der Waals surface area (Å²) in [5.74, 6) is 0. The van der Waals surface area contributed by atoms with Crippen molar-refractivity contribution in [2.24, 2.45) is 0 Å². The van der Waals surface area contributed by atoms with Crippen LogP contribution in [0.15, 0.2) is 24.3 Å². The van der Waals surface area contributed by atoms with Crippen molar-refractivity contribution in [3.63, 3.8) is 0 Å². The predicted molar refractivity (Wildman–Crippen MR) is 45.8 cm³/mol. The molecule has 0 saturated heterocycles. The summed E-state index contributed by atoms with van der Waals surface area (Å²) in [6.07, 6.45) is 3.07. The summed E-state index contributed by atoms with van der Waals surface area (Å²) in [6, 6.07) is 7.74. The third-order valence-corrected chi connectivity index (χ3v) is 1.63. The number of carbonyl (C=O) groups excluding carboxylic acids is 1. The number of hydrogen-bond acceptors (Lipinski definition) is 1. The van der Waals surface area contributed by atoms with Gasteiger partial charge in [0.15, 0.2) is 0 Å². The van der Waals surface area contributed by atoms with Gasteiger partial charge in [0.2, 0.25) is 0 Å². The molecule has 0 bridgehead atoms. The Morgan fingerprint density at radius 3 is 2.91 bits per heavy atom. The number of aldehydes is 1. The molecular formula is C10H12O. The lowest BCUT2D eigenvalue weighted by Gasteiger charge is -1.97. The van der Waals surface area contributed by atoms with Crippen molar-refractivity contribution in [2.45, 2.75) is 19.8 Å². The molecule has 0 aliphatic heterocycles. The molecule has 0 amide bonds. The van der Waals surface area contributed by atoms with Gasteiger partial charge in [-0.15, -0.1) is 0 Å². The van der Waals surface area contributed by atoms with E-state index in [4.69, 9.17) is 0 Å². The summed E-state index contributed by atoms with van der Waals surface area (Å²) in [7, 11) is 0. The summed E-state index contributed by atoms with van der Waals surface area (Å²) >= 11 is 0. The Balaban J connectivity index is 2.82. The molecular weight excluding hydrogens is 136 g/mol. The van der Waals surface area contributed by atoms with Gasteiger partial charge in [0.1, 0.15) is 6.29 Å². The maximum Gasteiger partial charge on any atom is 0.150 e. The van der Waals surface area contributed by atoms with Crippen molar-refractivity contribution >= 4 is 6.29 Å². The van der Waals surface area contributed by atoms with E-state index in [-0.39, 0.29) is 0 Å². The summed E-state index contributed by atoms with van der Waals surface area (Å²) in [5.41, 5.74) is 2.02. The van der Waals surface area contributed by atoms with Crippen molar-refractivity contribution < 1.29 is 4.79 Å². The fourth-order valence-electron chi connectivity index (χ4n) is 1.11. The second-order valence-electron chi connectivity index (χ2n) is 2.61. The quantitative estimate of drug-likeness (QED) is 0.602. The Morgan fingerprint density at radius 2 is 2.27 bits per heavy atom. The van der Waals surface area contributed by atoms with Crippen molar-refractivity contribution in [3.8, 4) is 0 Å². The number of carbonyl (C=O) groups is 1. The first-order valence-electron chi connectivity index (χ1n) is 3.91. The van der Waals surface area contributed by atoms with Gasteiger partial charge in [-0.05, 0) is 18.1 Å². The van der Waals surface area contributed by atoms with E-state index in [2.05, 4.69) is 13.0 Å². The normalized spacial score (nSPS) is 9.55. The molecule has 0 N–H and O–H groups in total. The highest BCUT2D eigenvalue weighted by Crippen LogP contribution is 2.05. The van der Waals surface area contributed by atoms with Crippen molar-refractivity contribution in [2.75, 3.05) is 0 Å². The Bertz CT molecular complexity index is 240. The van der Waals surface area contributed by atoms with Crippen LogP contribution >= 0.6 is 0 Å². The van der Waals surface area contributed by atoms with E-state index >= 15 is 0 Å². The summed E-state index contributed by atoms with van der Waals surface area (Å²) in [5, 5.41) is 0. The molecule has 1 nitrogen and oxygen atoms in total. The molecule has 0 atom stereocenters. The van der Waals surface area contributed by atoms with Gasteiger partial charge in [-0.3, -0.25) is 4.79 Å². The average molecular weight is 148 g/mol. The van der Waals surface area contributed by atoms with Crippen LogP contribution in [0, 0.1) is 0 Å². The highest BCUT2D eigenvalue weighted by Gasteiger charge is 1.92. The highest BCUT2D eigenvalue weighted by molar-refractivity contribution is 5.74. The van der Waals surface area contributed by atoms with Crippen molar-refractivity contribution in [1.82, 2.24) is 0 Å². The lowest BCUT2D eigenvalue weighted by Crippen LogP contribution is -1.85. The van der Waals surface area contributed by atoms with Crippen LogP contribution in [-0.4, -0.2) is 6.29 Å². The molecule has 1 aromatic carbocycles. The lowest BCUT2D eigenvalue weighted by atomic mass is 10.1. The SMILES string of the molecule is CCCc1cccc(C=O)c1. The standard InChI is InChI=1S/C10H12O/c1-2-4-9-5-3-6-10(7-9)8-11/h3,5-8H,2,4H2,1H3. The topological polar surface area (TPSA) is 17.1 Å². The van der Waals surface area contributed by atoms with Gasteiger partial charge in [0.05, 0.1) is 0 Å². The second kappa shape index (κ2) is 3.91. The van der Waals surface area contributed by atoms with Crippen LogP contribution in [0.2, 0.25) is 0 Å². The first kappa shape index (κ1) is 7.99. The largest absolute Gasteiger partial charge is 0.298 e. The molecule has 11 heavy (non-hydrogen) atoms. The van der Waals surface area contributed by atoms with E-state index in [1.54, 1.807) is 0 Å². The molecule has 0 unspecified atom stereocenters. The van der Waals surface area contributed by atoms with E-state index in [1.165, 1.54) is 5.56 Å². The molecule has 0 aliphatic carbocycles. The van der Waals surface area contributed by atoms with Gasteiger partial charge < -0.3 is 0 Å². The van der Waals surface area contributed by atoms with Crippen LogP contribution < -0.4 is 0 Å². The summed E-state index contributed by atoms with van der Waals surface area (Å²) in [4.78, 5) is 10.4. The zero-order chi connectivity index (χ0) is 8.10. The summed E-state index contributed by atoms with van der Waals surface area (Å²) in [6.45, 7) is 2.13. The number of rotatable bonds is 3. The van der Waals surface area contributed by atoms with Gasteiger partial charge in [-0.25, -0.2) is 0 Å². The van der Waals surface area contributed by atoms with Crippen LogP contribution in [0.5, 0.6) is 0 Å². The van der Waals surface area contributed by atoms with Crippen LogP contribution in [0.3, 0.4) is 0 Å². The molecule has 0 aliphatic rings. The first-order valence-corrected chi connectivity index (χ1v) is 3.91. The molecule has 0 saturated carbocycles. The van der Waals surface area contributed by atoms with Gasteiger partial charge in [-0.1, -0.05) is 31.5 Å².